The van der Waals surface area contributed by atoms with Crippen molar-refractivity contribution in [3.63, 3.8) is 0 Å². The summed E-state index contributed by atoms with van der Waals surface area (Å²) in [6.45, 7) is 0. The SMILES string of the molecule is BrN1c2ccccc21. The average Bonchev–Trinajstić information content (AvgIpc) is 2.46. The van der Waals surface area contributed by atoms with E-state index in [1.165, 1.54) is 11.4 Å². The molecule has 1 nitrogen and oxygen atoms in total. The van der Waals surface area contributed by atoms with Crippen LogP contribution in [0, 0.1) is 0 Å². The first kappa shape index (κ1) is 4.39. The van der Waals surface area contributed by atoms with Crippen LogP contribution < -0.4 is 3.93 Å². The van der Waals surface area contributed by atoms with Gasteiger partial charge in [-0.15, -0.1) is 0 Å². The number of hydrogen-bond donors (Lipinski definition) is 0. The number of anilines is 2. The molecule has 0 fully saturated rings. The minimum Gasteiger partial charge on any atom is -0.273 e. The van der Waals surface area contributed by atoms with E-state index in [0.717, 1.165) is 0 Å². The van der Waals surface area contributed by atoms with E-state index < -0.39 is 0 Å². The van der Waals surface area contributed by atoms with Crippen LogP contribution in [0.15, 0.2) is 24.3 Å². The molecule has 1 aromatic rings. The summed E-state index contributed by atoms with van der Waals surface area (Å²) in [5, 5.41) is 0. The lowest BCUT2D eigenvalue weighted by molar-refractivity contribution is 1.87. The first-order valence-electron chi connectivity index (χ1n) is 2.44. The molecule has 1 heterocycles. The van der Waals surface area contributed by atoms with Crippen LogP contribution in [0.1, 0.15) is 0 Å². The van der Waals surface area contributed by atoms with E-state index in [0.29, 0.717) is 0 Å². The molecule has 0 unspecified atom stereocenters. The molecule has 0 aromatic heterocycles. The molecule has 0 radical (unpaired) electrons. The summed E-state index contributed by atoms with van der Waals surface area (Å²) >= 11 is 3.33. The van der Waals surface area contributed by atoms with E-state index in [-0.39, 0.29) is 0 Å². The van der Waals surface area contributed by atoms with E-state index in [1.54, 1.807) is 0 Å². The standard InChI is InChI=1S/C6H4BrN/c7-8-5-3-1-2-4-6(5)8/h1-4H. The van der Waals surface area contributed by atoms with Crippen molar-refractivity contribution < 1.29 is 0 Å². The molecule has 0 atom stereocenters. The molecule has 1 aliphatic heterocycles. The van der Waals surface area contributed by atoms with E-state index in [2.05, 4.69) is 28.3 Å². The first-order valence-corrected chi connectivity index (χ1v) is 3.15. The van der Waals surface area contributed by atoms with Crippen LogP contribution in [0.5, 0.6) is 0 Å². The van der Waals surface area contributed by atoms with E-state index in [1.807, 2.05) is 16.1 Å². The lowest BCUT2D eigenvalue weighted by Crippen LogP contribution is -1.65. The van der Waals surface area contributed by atoms with Crippen molar-refractivity contribution in [3.8, 4) is 0 Å². The number of fused-ring (bicyclic) bond motifs is 1. The smallest absolute Gasteiger partial charge is 0.0772 e. The van der Waals surface area contributed by atoms with Crippen molar-refractivity contribution in [2.75, 3.05) is 3.93 Å². The summed E-state index contributed by atoms with van der Waals surface area (Å²) in [7, 11) is 0. The predicted molar refractivity (Wildman–Crippen MR) is 37.5 cm³/mol. The maximum Gasteiger partial charge on any atom is 0.0772 e. The van der Waals surface area contributed by atoms with Crippen molar-refractivity contribution >= 4 is 27.5 Å². The molecular weight excluding hydrogens is 166 g/mol. The Balaban J connectivity index is 2.58. The summed E-state index contributed by atoms with van der Waals surface area (Å²) in [6, 6.07) is 8.20. The van der Waals surface area contributed by atoms with E-state index >= 15 is 0 Å². The van der Waals surface area contributed by atoms with Crippen LogP contribution in [0.25, 0.3) is 0 Å². The lowest BCUT2D eigenvalue weighted by atomic mass is 10.4. The Hall–Kier alpha value is -0.500. The molecule has 0 bridgehead atoms. The van der Waals surface area contributed by atoms with Gasteiger partial charge >= 0.3 is 0 Å². The normalized spacial score (nSPS) is 13.4. The van der Waals surface area contributed by atoms with Gasteiger partial charge in [-0.25, -0.2) is 0 Å². The Labute approximate surface area is 56.3 Å². The van der Waals surface area contributed by atoms with Crippen molar-refractivity contribution in [3.05, 3.63) is 24.3 Å². The highest BCUT2D eigenvalue weighted by Gasteiger charge is 2.24. The van der Waals surface area contributed by atoms with Gasteiger partial charge in [0, 0.05) is 0 Å². The minimum atomic E-state index is 1.28. The van der Waals surface area contributed by atoms with Gasteiger partial charge < -0.3 is 0 Å². The van der Waals surface area contributed by atoms with Crippen molar-refractivity contribution in [2.24, 2.45) is 0 Å². The summed E-state index contributed by atoms with van der Waals surface area (Å²) in [4.78, 5) is 0. The van der Waals surface area contributed by atoms with Crippen LogP contribution in [0.3, 0.4) is 0 Å². The highest BCUT2D eigenvalue weighted by Crippen LogP contribution is 2.49. The molecular formula is C6H4BrN. The summed E-state index contributed by atoms with van der Waals surface area (Å²) in [6.07, 6.45) is 0. The van der Waals surface area contributed by atoms with Gasteiger partial charge in [-0.3, -0.25) is 3.93 Å². The largest absolute Gasteiger partial charge is 0.273 e. The van der Waals surface area contributed by atoms with Gasteiger partial charge in [-0.2, -0.15) is 0 Å². The van der Waals surface area contributed by atoms with Crippen LogP contribution in [0.4, 0.5) is 11.4 Å². The molecule has 0 saturated carbocycles. The summed E-state index contributed by atoms with van der Waals surface area (Å²) in [5.41, 5.74) is 2.57. The number of halogens is 1. The second-order valence-electron chi connectivity index (χ2n) is 1.77. The third kappa shape index (κ3) is 0.409. The Morgan fingerprint density at radius 2 is 1.62 bits per heavy atom. The molecule has 40 valence electrons. The van der Waals surface area contributed by atoms with Gasteiger partial charge in [-0.1, -0.05) is 12.1 Å². The molecule has 0 aliphatic carbocycles. The maximum atomic E-state index is 3.33. The Bertz CT molecular complexity index is 199. The Morgan fingerprint density at radius 3 is 2.00 bits per heavy atom. The van der Waals surface area contributed by atoms with Gasteiger partial charge in [0.1, 0.15) is 0 Å². The van der Waals surface area contributed by atoms with E-state index in [4.69, 9.17) is 0 Å². The molecule has 1 aliphatic rings. The van der Waals surface area contributed by atoms with Crippen molar-refractivity contribution in [1.29, 1.82) is 0 Å². The van der Waals surface area contributed by atoms with Crippen molar-refractivity contribution in [1.82, 2.24) is 0 Å². The predicted octanol–water partition coefficient (Wildman–Crippen LogP) is 2.45. The topological polar surface area (TPSA) is 3.01 Å². The molecule has 0 spiro atoms. The molecule has 2 heteroatoms. The third-order valence-corrected chi connectivity index (χ3v) is 2.02. The summed E-state index contributed by atoms with van der Waals surface area (Å²) < 4.78 is 1.98. The molecule has 0 amide bonds. The third-order valence-electron chi connectivity index (χ3n) is 1.25. The monoisotopic (exact) mass is 169 g/mol. The number of hydrogen-bond acceptors (Lipinski definition) is 1. The van der Waals surface area contributed by atoms with Gasteiger partial charge in [0.15, 0.2) is 0 Å². The highest BCUT2D eigenvalue weighted by atomic mass is 79.9. The fourth-order valence-corrected chi connectivity index (χ4v) is 1.29. The second-order valence-corrected chi connectivity index (χ2v) is 2.48. The number of nitrogens with zero attached hydrogens (tertiary/aromatic N) is 1. The molecule has 1 aromatic carbocycles. The van der Waals surface area contributed by atoms with Gasteiger partial charge in [0.2, 0.25) is 0 Å². The zero-order chi connectivity index (χ0) is 5.56. The number of para-hydroxylation sites is 2. The van der Waals surface area contributed by atoms with Gasteiger partial charge in [-0.05, 0) is 12.1 Å². The molecule has 0 saturated heterocycles. The summed E-state index contributed by atoms with van der Waals surface area (Å²) in [5.74, 6) is 0. The zero-order valence-electron chi connectivity index (χ0n) is 4.13. The Morgan fingerprint density at radius 1 is 1.12 bits per heavy atom. The Kier molecular flexibility index (Phi) is 0.690. The van der Waals surface area contributed by atoms with Gasteiger partial charge in [0.05, 0.1) is 27.5 Å². The lowest BCUT2D eigenvalue weighted by Gasteiger charge is -1.75. The fraction of sp³-hybridized carbons (Fsp3) is 0. The van der Waals surface area contributed by atoms with Crippen LogP contribution in [-0.2, 0) is 0 Å². The van der Waals surface area contributed by atoms with Crippen LogP contribution in [-0.4, -0.2) is 0 Å². The molecule has 8 heavy (non-hydrogen) atoms. The average molecular weight is 170 g/mol. The molecule has 0 N–H and O–H groups in total. The number of rotatable bonds is 0. The quantitative estimate of drug-likeness (QED) is 0.426. The second kappa shape index (κ2) is 1.26. The van der Waals surface area contributed by atoms with Crippen LogP contribution >= 0.6 is 16.1 Å². The van der Waals surface area contributed by atoms with Gasteiger partial charge in [0.25, 0.3) is 0 Å². The molecule has 2 rings (SSSR count). The fourth-order valence-electron chi connectivity index (χ4n) is 0.765. The van der Waals surface area contributed by atoms with E-state index in [9.17, 15) is 0 Å². The van der Waals surface area contributed by atoms with Crippen molar-refractivity contribution in [2.45, 2.75) is 0 Å². The first-order chi connectivity index (χ1) is 3.89. The number of benzene rings is 1. The highest BCUT2D eigenvalue weighted by molar-refractivity contribution is 9.10. The maximum absolute atomic E-state index is 3.33. The zero-order valence-corrected chi connectivity index (χ0v) is 5.72. The van der Waals surface area contributed by atoms with Crippen LogP contribution in [0.2, 0.25) is 0 Å². The minimum absolute atomic E-state index is 1.28.